The predicted molar refractivity (Wildman–Crippen MR) is 86.9 cm³/mol. The van der Waals surface area contributed by atoms with E-state index in [-0.39, 0.29) is 0 Å². The number of hydrogen-bond acceptors (Lipinski definition) is 4. The van der Waals surface area contributed by atoms with Crippen LogP contribution in [0.3, 0.4) is 0 Å². The molecule has 0 radical (unpaired) electrons. The minimum absolute atomic E-state index is 0.504. The molecule has 0 saturated carbocycles. The first-order valence-corrected chi connectivity index (χ1v) is 8.26. The lowest BCUT2D eigenvalue weighted by molar-refractivity contribution is 0.316. The van der Waals surface area contributed by atoms with Crippen molar-refractivity contribution in [3.8, 4) is 5.75 Å². The monoisotopic (exact) mass is 300 g/mol. The van der Waals surface area contributed by atoms with E-state index in [0.717, 1.165) is 37.6 Å². The van der Waals surface area contributed by atoms with Crippen molar-refractivity contribution in [2.45, 2.75) is 30.0 Å². The van der Waals surface area contributed by atoms with Crippen LogP contribution >= 0.6 is 11.8 Å². The first kappa shape index (κ1) is 14.4. The molecule has 0 fully saturated rings. The third-order valence-corrected chi connectivity index (χ3v) is 4.79. The number of benzene rings is 1. The van der Waals surface area contributed by atoms with Crippen LogP contribution in [0.15, 0.2) is 47.5 Å². The maximum Gasteiger partial charge on any atom is 0.137 e. The Morgan fingerprint density at radius 1 is 1.29 bits per heavy atom. The molecular formula is C17H20N2OS. The maximum atomic E-state index is 5.88. The van der Waals surface area contributed by atoms with Crippen molar-refractivity contribution in [2.24, 2.45) is 0 Å². The number of ether oxygens (including phenoxy) is 1. The van der Waals surface area contributed by atoms with Gasteiger partial charge in [-0.2, -0.15) is 0 Å². The molecule has 0 bridgehead atoms. The lowest BCUT2D eigenvalue weighted by Crippen LogP contribution is -2.14. The number of fused-ring (bicyclic) bond motifs is 1. The first-order chi connectivity index (χ1) is 10.3. The number of nitrogens with one attached hydrogen (secondary N) is 1. The van der Waals surface area contributed by atoms with E-state index in [1.807, 2.05) is 30.1 Å². The number of pyridine rings is 1. The SMILES string of the molecule is CCNCc1ccc(OCC2Cc3ccccc3S2)cn1. The maximum absolute atomic E-state index is 5.88. The van der Waals surface area contributed by atoms with Gasteiger partial charge < -0.3 is 10.1 Å². The van der Waals surface area contributed by atoms with Crippen LogP contribution in [0.25, 0.3) is 0 Å². The molecule has 1 aliphatic rings. The summed E-state index contributed by atoms with van der Waals surface area (Å²) in [4.78, 5) is 5.80. The molecule has 1 atom stereocenters. The standard InChI is InChI=1S/C17H20N2OS/c1-2-18-10-14-7-8-15(11-19-14)20-12-16-9-13-5-3-4-6-17(13)21-16/h3-8,11,16,18H,2,9-10,12H2,1H3. The molecule has 2 aromatic rings. The second-order valence-electron chi connectivity index (χ2n) is 5.13. The number of thioether (sulfide) groups is 1. The highest BCUT2D eigenvalue weighted by molar-refractivity contribution is 8.00. The molecule has 0 aliphatic carbocycles. The summed E-state index contributed by atoms with van der Waals surface area (Å²) in [7, 11) is 0. The molecule has 0 amide bonds. The smallest absolute Gasteiger partial charge is 0.137 e. The van der Waals surface area contributed by atoms with Crippen LogP contribution in [0.1, 0.15) is 18.2 Å². The van der Waals surface area contributed by atoms with Crippen LogP contribution in [0.5, 0.6) is 5.75 Å². The topological polar surface area (TPSA) is 34.1 Å². The second-order valence-corrected chi connectivity index (χ2v) is 6.47. The molecule has 2 heterocycles. The third-order valence-electron chi connectivity index (χ3n) is 3.50. The normalized spacial score (nSPS) is 16.7. The van der Waals surface area contributed by atoms with Gasteiger partial charge in [-0.1, -0.05) is 25.1 Å². The Kier molecular flexibility index (Phi) is 4.78. The summed E-state index contributed by atoms with van der Waals surface area (Å²) in [5.74, 6) is 0.854. The van der Waals surface area contributed by atoms with E-state index < -0.39 is 0 Å². The molecule has 110 valence electrons. The van der Waals surface area contributed by atoms with Gasteiger partial charge in [-0.05, 0) is 36.7 Å². The second kappa shape index (κ2) is 6.96. The van der Waals surface area contributed by atoms with Crippen LogP contribution in [0.2, 0.25) is 0 Å². The summed E-state index contributed by atoms with van der Waals surface area (Å²) in [5.41, 5.74) is 2.49. The number of nitrogens with zero attached hydrogens (tertiary/aromatic N) is 1. The van der Waals surface area contributed by atoms with E-state index in [4.69, 9.17) is 4.74 Å². The quantitative estimate of drug-likeness (QED) is 0.887. The van der Waals surface area contributed by atoms with Gasteiger partial charge in [0.25, 0.3) is 0 Å². The highest BCUT2D eigenvalue weighted by Gasteiger charge is 2.22. The first-order valence-electron chi connectivity index (χ1n) is 7.38. The van der Waals surface area contributed by atoms with Crippen molar-refractivity contribution in [3.05, 3.63) is 53.9 Å². The molecule has 1 N–H and O–H groups in total. The molecule has 1 unspecified atom stereocenters. The molecular weight excluding hydrogens is 280 g/mol. The van der Waals surface area contributed by atoms with Gasteiger partial charge in [0.2, 0.25) is 0 Å². The van der Waals surface area contributed by atoms with Crippen molar-refractivity contribution in [1.29, 1.82) is 0 Å². The van der Waals surface area contributed by atoms with Gasteiger partial charge in [0.1, 0.15) is 12.4 Å². The van der Waals surface area contributed by atoms with E-state index in [0.29, 0.717) is 5.25 Å². The van der Waals surface area contributed by atoms with Gasteiger partial charge in [-0.25, -0.2) is 0 Å². The van der Waals surface area contributed by atoms with Crippen LogP contribution in [-0.2, 0) is 13.0 Å². The van der Waals surface area contributed by atoms with E-state index >= 15 is 0 Å². The van der Waals surface area contributed by atoms with Crippen LogP contribution in [-0.4, -0.2) is 23.4 Å². The van der Waals surface area contributed by atoms with Gasteiger partial charge in [-0.15, -0.1) is 11.8 Å². The Bertz CT molecular complexity index is 561. The lowest BCUT2D eigenvalue weighted by Gasteiger charge is -2.11. The molecule has 1 aliphatic heterocycles. The zero-order valence-electron chi connectivity index (χ0n) is 12.2. The lowest BCUT2D eigenvalue weighted by atomic mass is 10.1. The van der Waals surface area contributed by atoms with E-state index in [1.165, 1.54) is 10.5 Å². The molecule has 1 aromatic heterocycles. The van der Waals surface area contributed by atoms with E-state index in [1.54, 1.807) is 0 Å². The Morgan fingerprint density at radius 2 is 2.19 bits per heavy atom. The zero-order valence-corrected chi connectivity index (χ0v) is 13.0. The highest BCUT2D eigenvalue weighted by Crippen LogP contribution is 2.36. The highest BCUT2D eigenvalue weighted by atomic mass is 32.2. The Labute approximate surface area is 130 Å². The molecule has 21 heavy (non-hydrogen) atoms. The van der Waals surface area contributed by atoms with Crippen LogP contribution in [0, 0.1) is 0 Å². The number of hydrogen-bond donors (Lipinski definition) is 1. The molecule has 4 heteroatoms. The fourth-order valence-electron chi connectivity index (χ4n) is 2.39. The fraction of sp³-hybridized carbons (Fsp3) is 0.353. The number of aromatic nitrogens is 1. The van der Waals surface area contributed by atoms with Gasteiger partial charge in [0, 0.05) is 16.7 Å². The van der Waals surface area contributed by atoms with Crippen LogP contribution in [0.4, 0.5) is 0 Å². The van der Waals surface area contributed by atoms with Crippen molar-refractivity contribution in [3.63, 3.8) is 0 Å². The fourth-order valence-corrected chi connectivity index (χ4v) is 3.61. The molecule has 3 nitrogen and oxygen atoms in total. The third kappa shape index (κ3) is 3.77. The average Bonchev–Trinajstić information content (AvgIpc) is 2.95. The summed E-state index contributed by atoms with van der Waals surface area (Å²) in [5, 5.41) is 3.77. The summed E-state index contributed by atoms with van der Waals surface area (Å²) < 4.78 is 5.88. The minimum Gasteiger partial charge on any atom is -0.491 e. The van der Waals surface area contributed by atoms with Gasteiger partial charge in [-0.3, -0.25) is 4.98 Å². The summed E-state index contributed by atoms with van der Waals surface area (Å²) in [6.07, 6.45) is 2.91. The van der Waals surface area contributed by atoms with Crippen molar-refractivity contribution in [1.82, 2.24) is 10.3 Å². The summed E-state index contributed by atoms with van der Waals surface area (Å²) in [6.45, 7) is 4.59. The Hall–Kier alpha value is -1.52. The molecule has 1 aromatic carbocycles. The molecule has 0 saturated heterocycles. The van der Waals surface area contributed by atoms with Crippen molar-refractivity contribution >= 4 is 11.8 Å². The number of rotatable bonds is 6. The molecule has 3 rings (SSSR count). The zero-order chi connectivity index (χ0) is 14.5. The van der Waals surface area contributed by atoms with Gasteiger partial charge in [0.15, 0.2) is 0 Å². The summed E-state index contributed by atoms with van der Waals surface area (Å²) >= 11 is 1.91. The largest absolute Gasteiger partial charge is 0.491 e. The van der Waals surface area contributed by atoms with Gasteiger partial charge >= 0.3 is 0 Å². The van der Waals surface area contributed by atoms with Gasteiger partial charge in [0.05, 0.1) is 11.9 Å². The van der Waals surface area contributed by atoms with Crippen LogP contribution < -0.4 is 10.1 Å². The Balaban J connectivity index is 1.50. The summed E-state index contributed by atoms with van der Waals surface area (Å²) in [6, 6.07) is 12.6. The van der Waals surface area contributed by atoms with E-state index in [9.17, 15) is 0 Å². The predicted octanol–water partition coefficient (Wildman–Crippen LogP) is 3.29. The Morgan fingerprint density at radius 3 is 2.95 bits per heavy atom. The average molecular weight is 300 g/mol. The van der Waals surface area contributed by atoms with Crippen molar-refractivity contribution < 1.29 is 4.74 Å². The minimum atomic E-state index is 0.504. The van der Waals surface area contributed by atoms with E-state index in [2.05, 4.69) is 41.5 Å². The molecule has 0 spiro atoms. The van der Waals surface area contributed by atoms with Crippen molar-refractivity contribution in [2.75, 3.05) is 13.2 Å².